The van der Waals surface area contributed by atoms with E-state index in [1.165, 1.54) is 12.8 Å². The molecule has 0 amide bonds. The van der Waals surface area contributed by atoms with Crippen LogP contribution in [-0.2, 0) is 0 Å². The van der Waals surface area contributed by atoms with Crippen molar-refractivity contribution in [2.75, 3.05) is 13.1 Å². The first kappa shape index (κ1) is 8.48. The average molecular weight is 170 g/mol. The molecule has 1 aliphatic heterocycles. The highest BCUT2D eigenvalue weighted by Crippen LogP contribution is 2.34. The van der Waals surface area contributed by atoms with Gasteiger partial charge >= 0.3 is 0 Å². The second kappa shape index (κ2) is 2.98. The van der Waals surface area contributed by atoms with Crippen LogP contribution in [0.5, 0.6) is 0 Å². The van der Waals surface area contributed by atoms with Crippen LogP contribution in [0, 0.1) is 5.92 Å². The van der Waals surface area contributed by atoms with Gasteiger partial charge in [-0.15, -0.1) is 0 Å². The van der Waals surface area contributed by atoms with E-state index in [1.54, 1.807) is 0 Å². The topological polar surface area (TPSA) is 58.3 Å². The summed E-state index contributed by atoms with van der Waals surface area (Å²) in [7, 11) is 0. The lowest BCUT2D eigenvalue weighted by Crippen LogP contribution is -2.67. The number of rotatable bonds is 1. The third-order valence-electron chi connectivity index (χ3n) is 3.37. The Morgan fingerprint density at radius 2 is 1.92 bits per heavy atom. The number of hydrogen-bond acceptors (Lipinski definition) is 3. The summed E-state index contributed by atoms with van der Waals surface area (Å²) in [5, 5.41) is 13.2. The molecule has 3 heteroatoms. The summed E-state index contributed by atoms with van der Waals surface area (Å²) in [6.07, 6.45) is 4.67. The minimum Gasteiger partial charge on any atom is -0.387 e. The zero-order chi connectivity index (χ0) is 8.60. The van der Waals surface area contributed by atoms with Crippen LogP contribution in [0.4, 0.5) is 0 Å². The minimum absolute atomic E-state index is 0.228. The molecule has 70 valence electrons. The van der Waals surface area contributed by atoms with E-state index in [1.807, 2.05) is 0 Å². The van der Waals surface area contributed by atoms with Crippen LogP contribution < -0.4 is 11.1 Å². The molecule has 2 unspecified atom stereocenters. The van der Waals surface area contributed by atoms with E-state index < -0.39 is 5.60 Å². The Morgan fingerprint density at radius 1 is 1.25 bits per heavy atom. The van der Waals surface area contributed by atoms with Crippen molar-refractivity contribution in [1.82, 2.24) is 5.32 Å². The summed E-state index contributed by atoms with van der Waals surface area (Å²) in [5.41, 5.74) is 5.51. The smallest absolute Gasteiger partial charge is 0.0937 e. The molecule has 0 radical (unpaired) electrons. The van der Waals surface area contributed by atoms with Crippen molar-refractivity contribution in [3.8, 4) is 0 Å². The summed E-state index contributed by atoms with van der Waals surface area (Å²) < 4.78 is 0. The van der Waals surface area contributed by atoms with Crippen LogP contribution >= 0.6 is 0 Å². The van der Waals surface area contributed by atoms with Crippen LogP contribution in [0.15, 0.2) is 0 Å². The summed E-state index contributed by atoms with van der Waals surface area (Å²) in [6, 6.07) is 0.228. The zero-order valence-corrected chi connectivity index (χ0v) is 7.42. The molecule has 0 aromatic rings. The normalized spacial score (nSPS) is 40.5. The van der Waals surface area contributed by atoms with Crippen molar-refractivity contribution in [2.45, 2.75) is 37.3 Å². The largest absolute Gasteiger partial charge is 0.387 e. The second-order valence-corrected chi connectivity index (χ2v) is 4.26. The van der Waals surface area contributed by atoms with Crippen molar-refractivity contribution >= 4 is 0 Å². The maximum Gasteiger partial charge on any atom is 0.0937 e. The van der Waals surface area contributed by atoms with E-state index in [4.69, 9.17) is 5.73 Å². The highest BCUT2D eigenvalue weighted by Gasteiger charge is 2.45. The molecule has 1 aliphatic carbocycles. The van der Waals surface area contributed by atoms with Gasteiger partial charge in [0.1, 0.15) is 0 Å². The van der Waals surface area contributed by atoms with Gasteiger partial charge < -0.3 is 16.2 Å². The van der Waals surface area contributed by atoms with Gasteiger partial charge in [-0.3, -0.25) is 0 Å². The number of β-amino-alcohol motifs (C(OH)–C–C–N with tert-alkyl or cyclic N) is 1. The summed E-state index contributed by atoms with van der Waals surface area (Å²) >= 11 is 0. The molecule has 2 fully saturated rings. The van der Waals surface area contributed by atoms with E-state index in [2.05, 4.69) is 5.32 Å². The highest BCUT2D eigenvalue weighted by molar-refractivity contribution is 5.02. The molecule has 3 nitrogen and oxygen atoms in total. The van der Waals surface area contributed by atoms with Crippen LogP contribution in [-0.4, -0.2) is 29.8 Å². The zero-order valence-electron chi connectivity index (χ0n) is 7.42. The number of aliphatic hydroxyl groups is 1. The van der Waals surface area contributed by atoms with Gasteiger partial charge in [0.15, 0.2) is 0 Å². The van der Waals surface area contributed by atoms with Gasteiger partial charge in [-0.2, -0.15) is 0 Å². The molecule has 0 bridgehead atoms. The fourth-order valence-electron chi connectivity index (χ4n) is 2.47. The Hall–Kier alpha value is -0.120. The Balaban J connectivity index is 2.00. The fraction of sp³-hybridized carbons (Fsp3) is 1.00. The first-order chi connectivity index (χ1) is 5.72. The van der Waals surface area contributed by atoms with Gasteiger partial charge in [0.05, 0.1) is 5.60 Å². The Kier molecular flexibility index (Phi) is 2.10. The molecular formula is C9H18N2O. The molecule has 0 spiro atoms. The molecule has 4 N–H and O–H groups in total. The third-order valence-corrected chi connectivity index (χ3v) is 3.37. The van der Waals surface area contributed by atoms with Gasteiger partial charge in [-0.1, -0.05) is 12.8 Å². The van der Waals surface area contributed by atoms with Gasteiger partial charge in [-0.25, -0.2) is 0 Å². The molecule has 1 heterocycles. The molecular weight excluding hydrogens is 152 g/mol. The van der Waals surface area contributed by atoms with E-state index in [9.17, 15) is 5.11 Å². The molecule has 2 rings (SSSR count). The summed E-state index contributed by atoms with van der Waals surface area (Å²) in [6.45, 7) is 1.48. The summed E-state index contributed by atoms with van der Waals surface area (Å²) in [5.74, 6) is 0.340. The first-order valence-corrected chi connectivity index (χ1v) is 4.91. The maximum absolute atomic E-state index is 10.1. The van der Waals surface area contributed by atoms with Crippen LogP contribution in [0.3, 0.4) is 0 Å². The van der Waals surface area contributed by atoms with E-state index >= 15 is 0 Å². The van der Waals surface area contributed by atoms with Gasteiger partial charge in [0.2, 0.25) is 0 Å². The monoisotopic (exact) mass is 170 g/mol. The number of nitrogens with two attached hydrogens (primary N) is 1. The third kappa shape index (κ3) is 1.26. The molecule has 2 atom stereocenters. The Morgan fingerprint density at radius 3 is 2.42 bits per heavy atom. The standard InChI is InChI=1S/C9H18N2O/c10-8-4-2-1-3-7(8)9(12)5-11-6-9/h7-8,11-12H,1-6,10H2. The van der Waals surface area contributed by atoms with Crippen molar-refractivity contribution in [2.24, 2.45) is 11.7 Å². The lowest BCUT2D eigenvalue weighted by molar-refractivity contribution is -0.0791. The molecule has 0 aromatic heterocycles. The molecule has 2 aliphatic rings. The van der Waals surface area contributed by atoms with Crippen molar-refractivity contribution in [3.63, 3.8) is 0 Å². The van der Waals surface area contributed by atoms with Gasteiger partial charge in [0.25, 0.3) is 0 Å². The van der Waals surface area contributed by atoms with Crippen LogP contribution in [0.1, 0.15) is 25.7 Å². The van der Waals surface area contributed by atoms with Crippen molar-refractivity contribution < 1.29 is 5.11 Å². The Labute approximate surface area is 73.3 Å². The predicted molar refractivity (Wildman–Crippen MR) is 47.8 cm³/mol. The van der Waals surface area contributed by atoms with E-state index in [-0.39, 0.29) is 6.04 Å². The van der Waals surface area contributed by atoms with Crippen molar-refractivity contribution in [3.05, 3.63) is 0 Å². The van der Waals surface area contributed by atoms with E-state index in [0.717, 1.165) is 25.9 Å². The average Bonchev–Trinajstić information content (AvgIpc) is 2.01. The molecule has 1 saturated heterocycles. The number of nitrogens with one attached hydrogen (secondary N) is 1. The minimum atomic E-state index is -0.472. The fourth-order valence-corrected chi connectivity index (χ4v) is 2.47. The van der Waals surface area contributed by atoms with E-state index in [0.29, 0.717) is 5.92 Å². The first-order valence-electron chi connectivity index (χ1n) is 4.91. The Bertz CT molecular complexity index is 168. The van der Waals surface area contributed by atoms with Crippen LogP contribution in [0.2, 0.25) is 0 Å². The molecule has 12 heavy (non-hydrogen) atoms. The lowest BCUT2D eigenvalue weighted by Gasteiger charge is -2.47. The predicted octanol–water partition coefficient (Wildman–Crippen LogP) is -0.162. The van der Waals surface area contributed by atoms with Crippen LogP contribution in [0.25, 0.3) is 0 Å². The van der Waals surface area contributed by atoms with Crippen molar-refractivity contribution in [1.29, 1.82) is 0 Å². The second-order valence-electron chi connectivity index (χ2n) is 4.26. The number of hydrogen-bond donors (Lipinski definition) is 3. The lowest BCUT2D eigenvalue weighted by atomic mass is 9.71. The van der Waals surface area contributed by atoms with Gasteiger partial charge in [0, 0.05) is 25.0 Å². The highest BCUT2D eigenvalue weighted by atomic mass is 16.3. The quantitative estimate of drug-likeness (QED) is 0.512. The molecule has 0 aromatic carbocycles. The summed E-state index contributed by atoms with van der Waals surface area (Å²) in [4.78, 5) is 0. The van der Waals surface area contributed by atoms with Gasteiger partial charge in [-0.05, 0) is 12.8 Å². The SMILES string of the molecule is NC1CCCCC1C1(O)CNC1. The molecule has 1 saturated carbocycles. The maximum atomic E-state index is 10.1.